The molecule has 0 fully saturated rings. The van der Waals surface area contributed by atoms with Gasteiger partial charge in [-0.15, -0.1) is 0 Å². The van der Waals surface area contributed by atoms with E-state index in [4.69, 9.17) is 14.2 Å². The van der Waals surface area contributed by atoms with Gasteiger partial charge in [-0.2, -0.15) is 9.97 Å². The number of carbonyl (C=O) groups excluding carboxylic acids is 2. The topological polar surface area (TPSA) is 99.6 Å². The van der Waals surface area contributed by atoms with Gasteiger partial charge in [0.15, 0.2) is 5.57 Å². The first kappa shape index (κ1) is 18.2. The summed E-state index contributed by atoms with van der Waals surface area (Å²) in [5.74, 6) is -1.17. The van der Waals surface area contributed by atoms with Gasteiger partial charge in [-0.25, -0.2) is 9.59 Å². The molecular weight excluding hydrogens is 326 g/mol. The lowest BCUT2D eigenvalue weighted by molar-refractivity contribution is -0.146. The van der Waals surface area contributed by atoms with Gasteiger partial charge in [-0.3, -0.25) is 0 Å². The number of fused-ring (bicyclic) bond motifs is 1. The second kappa shape index (κ2) is 8.62. The van der Waals surface area contributed by atoms with E-state index in [1.807, 2.05) is 12.1 Å². The van der Waals surface area contributed by atoms with Gasteiger partial charge in [-0.05, 0) is 26.0 Å². The van der Waals surface area contributed by atoms with E-state index in [0.29, 0.717) is 16.7 Å². The second-order valence-electron chi connectivity index (χ2n) is 4.72. The van der Waals surface area contributed by atoms with Gasteiger partial charge in [0.25, 0.3) is 0 Å². The average molecular weight is 345 g/mol. The maximum atomic E-state index is 12.0. The molecule has 1 aromatic heterocycles. The molecule has 1 aromatic carbocycles. The van der Waals surface area contributed by atoms with Crippen molar-refractivity contribution in [3.8, 4) is 6.01 Å². The van der Waals surface area contributed by atoms with Gasteiger partial charge >= 0.3 is 17.9 Å². The van der Waals surface area contributed by atoms with Crippen LogP contribution in [-0.4, -0.2) is 42.2 Å². The van der Waals surface area contributed by atoms with Crippen LogP contribution in [0.15, 0.2) is 36.0 Å². The van der Waals surface area contributed by atoms with Crippen molar-refractivity contribution in [1.29, 1.82) is 0 Å². The minimum absolute atomic E-state index is 0.139. The van der Waals surface area contributed by atoms with Crippen LogP contribution in [0, 0.1) is 0 Å². The van der Waals surface area contributed by atoms with E-state index in [2.05, 4.69) is 15.3 Å². The fourth-order valence-electron chi connectivity index (χ4n) is 2.02. The Morgan fingerprint density at radius 3 is 2.32 bits per heavy atom. The van der Waals surface area contributed by atoms with Gasteiger partial charge < -0.3 is 19.5 Å². The number of nitrogens with one attached hydrogen (secondary N) is 1. The lowest BCUT2D eigenvalue weighted by atomic mass is 10.2. The minimum Gasteiger partial charge on any atom is -0.467 e. The first-order valence-electron chi connectivity index (χ1n) is 7.72. The van der Waals surface area contributed by atoms with Crippen molar-refractivity contribution in [2.24, 2.45) is 0 Å². The summed E-state index contributed by atoms with van der Waals surface area (Å²) >= 11 is 0. The fraction of sp³-hybridized carbons (Fsp3) is 0.294. The molecule has 25 heavy (non-hydrogen) atoms. The third-order valence-corrected chi connectivity index (χ3v) is 3.11. The molecular formula is C17H19N3O5. The number of carbonyl (C=O) groups is 2. The zero-order valence-corrected chi connectivity index (χ0v) is 14.2. The monoisotopic (exact) mass is 345 g/mol. The van der Waals surface area contributed by atoms with Crippen LogP contribution in [0.5, 0.6) is 6.01 Å². The van der Waals surface area contributed by atoms with E-state index in [0.717, 1.165) is 0 Å². The number of anilines is 1. The Morgan fingerprint density at radius 1 is 1.08 bits per heavy atom. The standard InChI is InChI=1S/C17H19N3O5/c1-4-24-15(21)12(16(22)25-5-2)10-18-14-11-8-6-7-9-13(11)19-17(20-14)23-3/h6-10H,4-5H2,1-3H3,(H,18,19,20). The summed E-state index contributed by atoms with van der Waals surface area (Å²) in [6, 6.07) is 7.41. The highest BCUT2D eigenvalue weighted by Crippen LogP contribution is 2.22. The summed E-state index contributed by atoms with van der Waals surface area (Å²) in [5, 5.41) is 3.55. The number of ether oxygens (including phenoxy) is 3. The summed E-state index contributed by atoms with van der Waals surface area (Å²) in [5.41, 5.74) is 0.393. The van der Waals surface area contributed by atoms with Crippen LogP contribution in [-0.2, 0) is 19.1 Å². The summed E-state index contributed by atoms with van der Waals surface area (Å²) < 4.78 is 14.8. The van der Waals surface area contributed by atoms with E-state index in [1.165, 1.54) is 13.3 Å². The molecule has 2 rings (SSSR count). The minimum atomic E-state index is -0.779. The van der Waals surface area contributed by atoms with Gasteiger partial charge in [0.1, 0.15) is 5.82 Å². The molecule has 0 aliphatic carbocycles. The van der Waals surface area contributed by atoms with Crippen LogP contribution in [0.2, 0.25) is 0 Å². The number of nitrogens with zero attached hydrogens (tertiary/aromatic N) is 2. The van der Waals surface area contributed by atoms with E-state index >= 15 is 0 Å². The molecule has 0 bridgehead atoms. The highest BCUT2D eigenvalue weighted by molar-refractivity contribution is 6.14. The summed E-state index contributed by atoms with van der Waals surface area (Å²) in [7, 11) is 1.45. The highest BCUT2D eigenvalue weighted by Gasteiger charge is 2.21. The fourth-order valence-corrected chi connectivity index (χ4v) is 2.02. The molecule has 1 N–H and O–H groups in total. The number of hydrogen-bond donors (Lipinski definition) is 1. The first-order valence-corrected chi connectivity index (χ1v) is 7.72. The van der Waals surface area contributed by atoms with Gasteiger partial charge in [0.2, 0.25) is 0 Å². The van der Waals surface area contributed by atoms with Gasteiger partial charge in [0.05, 0.1) is 25.8 Å². The Hall–Kier alpha value is -3.16. The van der Waals surface area contributed by atoms with Crippen LogP contribution >= 0.6 is 0 Å². The lowest BCUT2D eigenvalue weighted by Gasteiger charge is -2.09. The van der Waals surface area contributed by atoms with Crippen molar-refractivity contribution in [1.82, 2.24) is 9.97 Å². The zero-order valence-electron chi connectivity index (χ0n) is 14.2. The number of hydrogen-bond acceptors (Lipinski definition) is 8. The van der Waals surface area contributed by atoms with Crippen molar-refractivity contribution >= 4 is 28.7 Å². The van der Waals surface area contributed by atoms with E-state index in [-0.39, 0.29) is 24.8 Å². The number of aromatic nitrogens is 2. The molecule has 0 atom stereocenters. The quantitative estimate of drug-likeness (QED) is 0.352. The Bertz CT molecular complexity index is 784. The molecule has 0 saturated heterocycles. The second-order valence-corrected chi connectivity index (χ2v) is 4.72. The van der Waals surface area contributed by atoms with Gasteiger partial charge in [0, 0.05) is 11.6 Å². The zero-order chi connectivity index (χ0) is 18.2. The third kappa shape index (κ3) is 4.43. The largest absolute Gasteiger partial charge is 0.467 e. The normalized spacial score (nSPS) is 10.0. The van der Waals surface area contributed by atoms with Crippen molar-refractivity contribution in [3.05, 3.63) is 36.0 Å². The van der Waals surface area contributed by atoms with Crippen LogP contribution in [0.4, 0.5) is 5.82 Å². The van der Waals surface area contributed by atoms with Crippen LogP contribution in [0.25, 0.3) is 10.9 Å². The van der Waals surface area contributed by atoms with Gasteiger partial charge in [-0.1, -0.05) is 12.1 Å². The molecule has 0 aliphatic rings. The van der Waals surface area contributed by atoms with Crippen LogP contribution in [0.1, 0.15) is 13.8 Å². The SMILES string of the molecule is CCOC(=O)C(=CNc1nc(OC)nc2ccccc12)C(=O)OCC. The number of methoxy groups -OCH3 is 1. The third-order valence-electron chi connectivity index (χ3n) is 3.11. The maximum Gasteiger partial charge on any atom is 0.347 e. The summed E-state index contributed by atoms with van der Waals surface area (Å²) in [6.45, 7) is 3.58. The Morgan fingerprint density at radius 2 is 1.72 bits per heavy atom. The first-order chi connectivity index (χ1) is 12.1. The number of esters is 2. The maximum absolute atomic E-state index is 12.0. The van der Waals surface area contributed by atoms with Crippen molar-refractivity contribution < 1.29 is 23.8 Å². The average Bonchev–Trinajstić information content (AvgIpc) is 2.62. The molecule has 1 heterocycles. The predicted molar refractivity (Wildman–Crippen MR) is 91.1 cm³/mol. The predicted octanol–water partition coefficient (Wildman–Crippen LogP) is 2.06. The van der Waals surface area contributed by atoms with Crippen molar-refractivity contribution in [3.63, 3.8) is 0 Å². The molecule has 0 aliphatic heterocycles. The molecule has 8 nitrogen and oxygen atoms in total. The van der Waals surface area contributed by atoms with Crippen molar-refractivity contribution in [2.45, 2.75) is 13.8 Å². The van der Waals surface area contributed by atoms with E-state index < -0.39 is 11.9 Å². The van der Waals surface area contributed by atoms with Crippen molar-refractivity contribution in [2.75, 3.05) is 25.6 Å². The number of rotatable bonds is 7. The Labute approximate surface area is 144 Å². The molecule has 0 unspecified atom stereocenters. The number of para-hydroxylation sites is 1. The Balaban J connectivity index is 2.40. The van der Waals surface area contributed by atoms with Crippen LogP contribution in [0.3, 0.4) is 0 Å². The van der Waals surface area contributed by atoms with Crippen LogP contribution < -0.4 is 10.1 Å². The Kier molecular flexibility index (Phi) is 6.27. The molecule has 8 heteroatoms. The number of benzene rings is 1. The lowest BCUT2D eigenvalue weighted by Crippen LogP contribution is -2.19. The summed E-state index contributed by atoms with van der Waals surface area (Å²) in [4.78, 5) is 32.4. The molecule has 0 saturated carbocycles. The van der Waals surface area contributed by atoms with E-state index in [1.54, 1.807) is 26.0 Å². The van der Waals surface area contributed by atoms with E-state index in [9.17, 15) is 9.59 Å². The molecule has 2 aromatic rings. The smallest absolute Gasteiger partial charge is 0.347 e. The molecule has 0 radical (unpaired) electrons. The highest BCUT2D eigenvalue weighted by atomic mass is 16.6. The molecule has 0 spiro atoms. The molecule has 0 amide bonds. The summed E-state index contributed by atoms with van der Waals surface area (Å²) in [6.07, 6.45) is 1.21. The molecule has 132 valence electrons.